The van der Waals surface area contributed by atoms with Crippen LogP contribution in [0, 0.1) is 0 Å². The van der Waals surface area contributed by atoms with Crippen LogP contribution < -0.4 is 20.3 Å². The molecule has 0 aliphatic carbocycles. The Hall–Kier alpha value is -3.27. The van der Waals surface area contributed by atoms with Gasteiger partial charge in [-0.25, -0.2) is 4.98 Å². The molecule has 0 saturated carbocycles. The van der Waals surface area contributed by atoms with Gasteiger partial charge in [-0.15, -0.1) is 0 Å². The molecule has 2 aliphatic rings. The van der Waals surface area contributed by atoms with Crippen molar-refractivity contribution >= 4 is 17.2 Å². The summed E-state index contributed by atoms with van der Waals surface area (Å²) in [6.07, 6.45) is -0.272. The highest BCUT2D eigenvalue weighted by Crippen LogP contribution is 2.41. The lowest BCUT2D eigenvalue weighted by molar-refractivity contribution is -0.115. The maximum absolute atomic E-state index is 13.4. The van der Waals surface area contributed by atoms with Gasteiger partial charge in [-0.3, -0.25) is 4.79 Å². The number of aldehydes is 1. The largest absolute Gasteiger partial charge is 0.454 e. The van der Waals surface area contributed by atoms with Gasteiger partial charge >= 0.3 is 0 Å². The first kappa shape index (κ1) is 22.5. The third kappa shape index (κ3) is 3.66. The van der Waals surface area contributed by atoms with E-state index in [9.17, 15) is 14.7 Å². The van der Waals surface area contributed by atoms with Gasteiger partial charge in [0.25, 0.3) is 5.56 Å². The molecule has 34 heavy (non-hydrogen) atoms. The lowest BCUT2D eigenvalue weighted by Gasteiger charge is -2.14. The number of aliphatic hydroxyl groups is 1. The highest BCUT2D eigenvalue weighted by atomic mass is 16.7. The van der Waals surface area contributed by atoms with E-state index >= 15 is 0 Å². The first-order chi connectivity index (χ1) is 16.4. The molecular formula is C25H27N3O6. The van der Waals surface area contributed by atoms with Crippen molar-refractivity contribution in [2.45, 2.75) is 45.6 Å². The molecule has 0 radical (unpaired) electrons. The summed E-state index contributed by atoms with van der Waals surface area (Å²) in [6, 6.07) is 5.84. The molecule has 2 aliphatic heterocycles. The van der Waals surface area contributed by atoms with E-state index in [4.69, 9.17) is 19.2 Å². The Morgan fingerprint density at radius 1 is 1.24 bits per heavy atom. The predicted octanol–water partition coefficient (Wildman–Crippen LogP) is 2.07. The second-order valence-electron chi connectivity index (χ2n) is 8.87. The highest BCUT2D eigenvalue weighted by molar-refractivity contribution is 5.91. The van der Waals surface area contributed by atoms with Crippen molar-refractivity contribution in [3.8, 4) is 22.9 Å². The van der Waals surface area contributed by atoms with Gasteiger partial charge in [-0.2, -0.15) is 0 Å². The number of nitrogens with one attached hydrogen (secondary N) is 1. The van der Waals surface area contributed by atoms with E-state index in [0.717, 1.165) is 35.0 Å². The predicted molar refractivity (Wildman–Crippen MR) is 125 cm³/mol. The summed E-state index contributed by atoms with van der Waals surface area (Å²) in [6.45, 7) is 5.47. The lowest BCUT2D eigenvalue weighted by atomic mass is 9.97. The summed E-state index contributed by atoms with van der Waals surface area (Å²) >= 11 is 0. The molecule has 3 aromatic rings. The van der Waals surface area contributed by atoms with Crippen LogP contribution in [-0.4, -0.2) is 47.4 Å². The quantitative estimate of drug-likeness (QED) is 0.381. The van der Waals surface area contributed by atoms with E-state index in [0.29, 0.717) is 41.8 Å². The monoisotopic (exact) mass is 465 g/mol. The normalized spacial score (nSPS) is 14.5. The third-order valence-corrected chi connectivity index (χ3v) is 6.36. The summed E-state index contributed by atoms with van der Waals surface area (Å²) in [5, 5.41) is 14.7. The Bertz CT molecular complexity index is 1350. The van der Waals surface area contributed by atoms with Gasteiger partial charge < -0.3 is 34.0 Å². The van der Waals surface area contributed by atoms with Gasteiger partial charge in [0, 0.05) is 41.3 Å². The van der Waals surface area contributed by atoms with Crippen LogP contribution in [-0.2, 0) is 29.1 Å². The molecule has 2 aromatic heterocycles. The number of ether oxygens (including phenoxy) is 3. The second kappa shape index (κ2) is 8.83. The number of carbonyl (C=O) groups is 1. The molecule has 0 spiro atoms. The van der Waals surface area contributed by atoms with Gasteiger partial charge in [0.1, 0.15) is 6.10 Å². The minimum atomic E-state index is -1.42. The number of carbonyl (C=O) groups excluding carboxylic acids is 1. The minimum absolute atomic E-state index is 0.00232. The van der Waals surface area contributed by atoms with E-state index in [1.807, 2.05) is 12.1 Å². The SMILES string of the molecule is COCc1c(C(O)C=O)cc2n(c1=O)Cc1c-2nc2cc3c(cc2c1CCNC(C)C)OCO3. The molecule has 9 nitrogen and oxygen atoms in total. The molecule has 0 bridgehead atoms. The van der Waals surface area contributed by atoms with Crippen molar-refractivity contribution in [3.63, 3.8) is 0 Å². The van der Waals surface area contributed by atoms with Gasteiger partial charge in [0.05, 0.1) is 30.1 Å². The zero-order chi connectivity index (χ0) is 24.0. The average Bonchev–Trinajstić information content (AvgIpc) is 3.42. The number of nitrogens with zero attached hydrogens (tertiary/aromatic N) is 2. The summed E-state index contributed by atoms with van der Waals surface area (Å²) < 4.78 is 18.0. The number of rotatable bonds is 8. The third-order valence-electron chi connectivity index (χ3n) is 6.36. The van der Waals surface area contributed by atoms with Crippen LogP contribution >= 0.6 is 0 Å². The van der Waals surface area contributed by atoms with Crippen molar-refractivity contribution < 1.29 is 24.1 Å². The Kier molecular flexibility index (Phi) is 5.85. The summed E-state index contributed by atoms with van der Waals surface area (Å²) in [7, 11) is 1.47. The number of hydrogen-bond donors (Lipinski definition) is 2. The van der Waals surface area contributed by atoms with Gasteiger partial charge in [0.15, 0.2) is 17.8 Å². The van der Waals surface area contributed by atoms with Crippen molar-refractivity contribution in [3.05, 3.63) is 50.8 Å². The van der Waals surface area contributed by atoms with Crippen LogP contribution in [0.2, 0.25) is 0 Å². The van der Waals surface area contributed by atoms with Crippen molar-refractivity contribution in [2.24, 2.45) is 0 Å². The fourth-order valence-electron chi connectivity index (χ4n) is 4.76. The Morgan fingerprint density at radius 2 is 2.00 bits per heavy atom. The van der Waals surface area contributed by atoms with Crippen LogP contribution in [0.3, 0.4) is 0 Å². The van der Waals surface area contributed by atoms with E-state index in [2.05, 4.69) is 19.2 Å². The first-order valence-electron chi connectivity index (χ1n) is 11.3. The molecule has 0 saturated heterocycles. The van der Waals surface area contributed by atoms with Crippen molar-refractivity contribution in [1.29, 1.82) is 0 Å². The van der Waals surface area contributed by atoms with E-state index in [1.165, 1.54) is 7.11 Å². The molecule has 0 fully saturated rings. The molecule has 1 unspecified atom stereocenters. The van der Waals surface area contributed by atoms with Gasteiger partial charge in [-0.1, -0.05) is 13.8 Å². The molecule has 1 atom stereocenters. The number of hydrogen-bond acceptors (Lipinski definition) is 8. The fraction of sp³-hybridized carbons (Fsp3) is 0.400. The molecule has 1 aromatic carbocycles. The highest BCUT2D eigenvalue weighted by Gasteiger charge is 2.30. The smallest absolute Gasteiger partial charge is 0.257 e. The Morgan fingerprint density at radius 3 is 2.71 bits per heavy atom. The first-order valence-corrected chi connectivity index (χ1v) is 11.3. The van der Waals surface area contributed by atoms with Crippen LogP contribution in [0.25, 0.3) is 22.3 Å². The van der Waals surface area contributed by atoms with Crippen LogP contribution in [0.15, 0.2) is 23.0 Å². The maximum Gasteiger partial charge on any atom is 0.257 e. The molecular weight excluding hydrogens is 438 g/mol. The molecule has 5 rings (SSSR count). The number of methoxy groups -OCH3 is 1. The number of pyridine rings is 2. The van der Waals surface area contributed by atoms with E-state index < -0.39 is 6.10 Å². The zero-order valence-corrected chi connectivity index (χ0v) is 19.4. The molecule has 178 valence electrons. The molecule has 0 amide bonds. The number of fused-ring (bicyclic) bond motifs is 5. The average molecular weight is 466 g/mol. The maximum atomic E-state index is 13.4. The lowest BCUT2D eigenvalue weighted by Crippen LogP contribution is -2.27. The number of aromatic nitrogens is 2. The number of aliphatic hydroxyl groups excluding tert-OH is 1. The standard InChI is InChI=1S/C25H27N3O6/c1-13(2)26-5-4-14-15-7-22-23(34-12-33-22)8-19(15)27-24-17(14)9-28-20(24)6-16(21(30)10-29)18(11-32-3)25(28)31/h6-8,10,13,21,26,30H,4-5,9,11-12H2,1-3H3. The van der Waals surface area contributed by atoms with Gasteiger partial charge in [0.2, 0.25) is 6.79 Å². The van der Waals surface area contributed by atoms with Crippen LogP contribution in [0.4, 0.5) is 0 Å². The molecule has 4 heterocycles. The van der Waals surface area contributed by atoms with Crippen molar-refractivity contribution in [1.82, 2.24) is 14.9 Å². The van der Waals surface area contributed by atoms with Crippen molar-refractivity contribution in [2.75, 3.05) is 20.4 Å². The summed E-state index contributed by atoms with van der Waals surface area (Å²) in [5.74, 6) is 1.31. The topological polar surface area (TPSA) is 112 Å². The molecule has 2 N–H and O–H groups in total. The van der Waals surface area contributed by atoms with Gasteiger partial charge in [-0.05, 0) is 30.7 Å². The Balaban J connectivity index is 1.73. The fourth-order valence-corrected chi connectivity index (χ4v) is 4.76. The molecule has 9 heteroatoms. The summed E-state index contributed by atoms with van der Waals surface area (Å²) in [5.41, 5.74) is 4.25. The van der Waals surface area contributed by atoms with E-state index in [-0.39, 0.29) is 30.1 Å². The van der Waals surface area contributed by atoms with E-state index in [1.54, 1.807) is 10.6 Å². The zero-order valence-electron chi connectivity index (χ0n) is 19.4. The summed E-state index contributed by atoms with van der Waals surface area (Å²) in [4.78, 5) is 29.7. The second-order valence-corrected chi connectivity index (χ2v) is 8.87. The number of benzene rings is 1. The minimum Gasteiger partial charge on any atom is -0.454 e. The Labute approximate surface area is 196 Å². The van der Waals surface area contributed by atoms with Crippen LogP contribution in [0.5, 0.6) is 11.5 Å². The van der Waals surface area contributed by atoms with Crippen LogP contribution in [0.1, 0.15) is 42.2 Å².